The van der Waals surface area contributed by atoms with E-state index in [9.17, 15) is 0 Å². The van der Waals surface area contributed by atoms with Gasteiger partial charge in [0.05, 0.1) is 0 Å². The normalized spacial score (nSPS) is 20.3. The van der Waals surface area contributed by atoms with E-state index in [1.807, 2.05) is 0 Å². The first-order valence-electron chi connectivity index (χ1n) is 9.37. The maximum atomic E-state index is 3.63. The Hall–Kier alpha value is -1.43. The van der Waals surface area contributed by atoms with Gasteiger partial charge >= 0.3 is 169 Å². The summed E-state index contributed by atoms with van der Waals surface area (Å²) >= 11 is 3.63. The molecule has 26 heavy (non-hydrogen) atoms. The summed E-state index contributed by atoms with van der Waals surface area (Å²) in [5, 5.41) is 0. The van der Waals surface area contributed by atoms with Crippen molar-refractivity contribution in [1.82, 2.24) is 0 Å². The zero-order valence-electron chi connectivity index (χ0n) is 17.2. The Morgan fingerprint density at radius 1 is 0.615 bits per heavy atom. The molecule has 0 N–H and O–H groups in total. The van der Waals surface area contributed by atoms with Crippen LogP contribution in [-0.2, 0) is 18.7 Å². The molecule has 0 aliphatic carbocycles. The number of hydrogen-bond acceptors (Lipinski definition) is 2. The fraction of sp³-hybridized carbons (Fsp3) is 0.435. The van der Waals surface area contributed by atoms with Crippen molar-refractivity contribution in [1.29, 1.82) is 0 Å². The molecular formula is C23H30N2Pd. The van der Waals surface area contributed by atoms with Gasteiger partial charge in [0.1, 0.15) is 0 Å². The van der Waals surface area contributed by atoms with Crippen LogP contribution in [-0.4, -0.2) is 16.3 Å². The predicted molar refractivity (Wildman–Crippen MR) is 110 cm³/mol. The molecule has 1 aliphatic heterocycles. The first kappa shape index (κ1) is 19.3. The molecule has 0 bridgehead atoms. The van der Waals surface area contributed by atoms with E-state index in [0.29, 0.717) is 12.1 Å². The summed E-state index contributed by atoms with van der Waals surface area (Å²) in [5.74, 6) is 0. The van der Waals surface area contributed by atoms with Crippen molar-refractivity contribution in [3.05, 3.63) is 57.6 Å². The zero-order chi connectivity index (χ0) is 19.3. The second-order valence-electron chi connectivity index (χ2n) is 7.96. The Morgan fingerprint density at radius 3 is 1.15 bits per heavy atom. The molecule has 1 fully saturated rings. The molecule has 3 heteroatoms. The summed E-state index contributed by atoms with van der Waals surface area (Å²) in [5.41, 5.74) is 10.7. The predicted octanol–water partition coefficient (Wildman–Crippen LogP) is 5.27. The molecule has 2 atom stereocenters. The standard InChI is InChI=1S/C23H30N2.Pd/c1-14-9-16(3)22(17(4)10-14)24-13-25(21(8)20(24)7)23-18(5)11-15(2)12-19(23)6;/h9-12,20-21H,1-8H3;. The molecule has 0 amide bonds. The molecule has 2 aromatic rings. The van der Waals surface area contributed by atoms with E-state index in [1.54, 1.807) is 0 Å². The minimum atomic E-state index is 0.389. The summed E-state index contributed by atoms with van der Waals surface area (Å²) in [6, 6.07) is 9.93. The van der Waals surface area contributed by atoms with Crippen LogP contribution in [0.25, 0.3) is 0 Å². The molecule has 2 unspecified atom stereocenters. The van der Waals surface area contributed by atoms with Crippen molar-refractivity contribution in [3.8, 4) is 0 Å². The van der Waals surface area contributed by atoms with Gasteiger partial charge in [-0.1, -0.05) is 0 Å². The third-order valence-corrected chi connectivity index (χ3v) is 6.38. The number of benzene rings is 2. The van der Waals surface area contributed by atoms with Crippen molar-refractivity contribution in [2.75, 3.05) is 9.80 Å². The van der Waals surface area contributed by atoms with Crippen LogP contribution >= 0.6 is 0 Å². The van der Waals surface area contributed by atoms with Gasteiger partial charge < -0.3 is 0 Å². The van der Waals surface area contributed by atoms with Crippen molar-refractivity contribution in [3.63, 3.8) is 0 Å². The average molecular weight is 441 g/mol. The zero-order valence-corrected chi connectivity index (χ0v) is 18.7. The van der Waals surface area contributed by atoms with Gasteiger partial charge in [-0.05, 0) is 0 Å². The van der Waals surface area contributed by atoms with E-state index in [1.165, 1.54) is 49.0 Å². The molecule has 0 saturated carbocycles. The SMILES string of the molecule is Cc1cc(C)c(N2[C](=[Pd])N(c3c(C)cc(C)cc3C)C(C)C2C)c(C)c1. The van der Waals surface area contributed by atoms with Crippen molar-refractivity contribution < 1.29 is 18.7 Å². The van der Waals surface area contributed by atoms with Crippen LogP contribution in [0.4, 0.5) is 11.4 Å². The number of hydrogen-bond donors (Lipinski definition) is 0. The van der Waals surface area contributed by atoms with Gasteiger partial charge in [0, 0.05) is 0 Å². The Bertz CT molecular complexity index is 766. The van der Waals surface area contributed by atoms with Crippen molar-refractivity contribution in [2.24, 2.45) is 0 Å². The van der Waals surface area contributed by atoms with Crippen LogP contribution in [0.2, 0.25) is 0 Å². The summed E-state index contributed by atoms with van der Waals surface area (Å²) in [7, 11) is 0. The van der Waals surface area contributed by atoms with Crippen molar-refractivity contribution in [2.45, 2.75) is 67.5 Å². The summed E-state index contributed by atoms with van der Waals surface area (Å²) in [4.78, 5) is 4.96. The Labute approximate surface area is 169 Å². The Kier molecular flexibility index (Phi) is 5.17. The van der Waals surface area contributed by atoms with Gasteiger partial charge in [-0.3, -0.25) is 0 Å². The minimum absolute atomic E-state index is 0.389. The Balaban J connectivity index is 2.13. The van der Waals surface area contributed by atoms with Gasteiger partial charge in [0.15, 0.2) is 0 Å². The molecule has 1 saturated heterocycles. The van der Waals surface area contributed by atoms with E-state index in [4.69, 9.17) is 0 Å². The van der Waals surface area contributed by atoms with Crippen LogP contribution in [0.3, 0.4) is 0 Å². The number of nitrogens with zero attached hydrogens (tertiary/aromatic N) is 2. The third kappa shape index (κ3) is 3.06. The maximum absolute atomic E-state index is 3.63. The van der Waals surface area contributed by atoms with Gasteiger partial charge in [-0.2, -0.15) is 0 Å². The van der Waals surface area contributed by atoms with Gasteiger partial charge in [-0.25, -0.2) is 0 Å². The molecule has 0 aromatic heterocycles. The van der Waals surface area contributed by atoms with Gasteiger partial charge in [-0.15, -0.1) is 0 Å². The average Bonchev–Trinajstić information content (AvgIpc) is 2.71. The van der Waals surface area contributed by atoms with Crippen LogP contribution in [0, 0.1) is 41.5 Å². The molecule has 3 rings (SSSR count). The molecule has 1 heterocycles. The first-order valence-corrected chi connectivity index (χ1v) is 10.1. The second-order valence-corrected chi connectivity index (χ2v) is 8.65. The molecular weight excluding hydrogens is 411 g/mol. The first-order chi connectivity index (χ1) is 12.1. The summed E-state index contributed by atoms with van der Waals surface area (Å²) < 4.78 is 1.18. The van der Waals surface area contributed by atoms with Crippen molar-refractivity contribution >= 4 is 15.6 Å². The van der Waals surface area contributed by atoms with E-state index in [-0.39, 0.29) is 0 Å². The fourth-order valence-electron chi connectivity index (χ4n) is 4.54. The van der Waals surface area contributed by atoms with Crippen LogP contribution in [0.15, 0.2) is 24.3 Å². The van der Waals surface area contributed by atoms with E-state index >= 15 is 0 Å². The quantitative estimate of drug-likeness (QED) is 0.586. The molecule has 0 spiro atoms. The molecule has 0 radical (unpaired) electrons. The van der Waals surface area contributed by atoms with E-state index in [2.05, 4.69) is 108 Å². The number of anilines is 2. The van der Waals surface area contributed by atoms with E-state index < -0.39 is 0 Å². The summed E-state index contributed by atoms with van der Waals surface area (Å²) in [6.07, 6.45) is 0. The summed E-state index contributed by atoms with van der Waals surface area (Å²) in [6.45, 7) is 17.9. The molecule has 2 aromatic carbocycles. The topological polar surface area (TPSA) is 6.48 Å². The molecule has 2 nitrogen and oxygen atoms in total. The van der Waals surface area contributed by atoms with Gasteiger partial charge in [0.2, 0.25) is 0 Å². The van der Waals surface area contributed by atoms with E-state index in [0.717, 1.165) is 0 Å². The third-order valence-electron chi connectivity index (χ3n) is 5.63. The van der Waals surface area contributed by atoms with Crippen LogP contribution in [0.1, 0.15) is 47.2 Å². The number of rotatable bonds is 2. The molecule has 142 valence electrons. The fourth-order valence-corrected chi connectivity index (χ4v) is 5.52. The monoisotopic (exact) mass is 440 g/mol. The van der Waals surface area contributed by atoms with Gasteiger partial charge in [0.25, 0.3) is 0 Å². The Morgan fingerprint density at radius 2 is 0.885 bits per heavy atom. The van der Waals surface area contributed by atoms with Crippen LogP contribution < -0.4 is 9.80 Å². The molecule has 1 aliphatic rings. The van der Waals surface area contributed by atoms with Crippen LogP contribution in [0.5, 0.6) is 0 Å². The number of aryl methyl sites for hydroxylation is 6. The second kappa shape index (κ2) is 6.95.